The van der Waals surface area contributed by atoms with Gasteiger partial charge in [-0.2, -0.15) is 0 Å². The Morgan fingerprint density at radius 2 is 2.00 bits per heavy atom. The van der Waals surface area contributed by atoms with Gasteiger partial charge in [-0.3, -0.25) is 0 Å². The maximum atomic E-state index is 11.8. The average molecular weight is 267 g/mol. The van der Waals surface area contributed by atoms with Crippen LogP contribution in [0.1, 0.15) is 50.9 Å². The molecule has 0 aromatic carbocycles. The smallest absolute Gasteiger partial charge is 0.360 e. The number of carbonyl (C=O) groups is 1. The summed E-state index contributed by atoms with van der Waals surface area (Å²) < 4.78 is 6.92. The van der Waals surface area contributed by atoms with E-state index in [9.17, 15) is 4.79 Å². The summed E-state index contributed by atoms with van der Waals surface area (Å²) in [5, 5.41) is 0. The highest BCUT2D eigenvalue weighted by molar-refractivity contribution is 5.92. The molecule has 0 saturated carbocycles. The van der Waals surface area contributed by atoms with Crippen molar-refractivity contribution < 1.29 is 9.53 Å². The van der Waals surface area contributed by atoms with Crippen molar-refractivity contribution in [2.45, 2.75) is 47.6 Å². The summed E-state index contributed by atoms with van der Waals surface area (Å²) in [5.74, 6) is 1.84. The molecule has 0 aliphatic heterocycles. The number of esters is 1. The summed E-state index contributed by atoms with van der Waals surface area (Å²) in [7, 11) is 0. The Morgan fingerprint density at radius 1 is 1.37 bits per heavy atom. The van der Waals surface area contributed by atoms with Gasteiger partial charge in [0.25, 0.3) is 0 Å². The molecule has 0 amide bonds. The molecular weight excluding hydrogens is 242 g/mol. The fourth-order valence-corrected chi connectivity index (χ4v) is 1.84. The number of ether oxygens (including phenoxy) is 1. The maximum Gasteiger partial charge on any atom is 0.360 e. The molecule has 19 heavy (non-hydrogen) atoms. The van der Waals surface area contributed by atoms with Crippen LogP contribution in [0.4, 0.5) is 5.82 Å². The zero-order chi connectivity index (χ0) is 14.6. The fraction of sp³-hybridized carbons (Fsp3) is 0.714. The van der Waals surface area contributed by atoms with E-state index in [1.54, 1.807) is 6.92 Å². The van der Waals surface area contributed by atoms with Crippen molar-refractivity contribution in [3.05, 3.63) is 11.5 Å². The molecule has 0 spiro atoms. The minimum Gasteiger partial charge on any atom is -0.461 e. The normalized spacial score (nSPS) is 12.7. The number of imidazole rings is 1. The standard InChI is InChI=1S/C14H25N3O2/c1-6-11-16-12(14(18)19-7-2)13(15)17(11)8-10(5)9(3)4/h9-10H,6-8,15H2,1-5H3. The highest BCUT2D eigenvalue weighted by Gasteiger charge is 2.22. The second kappa shape index (κ2) is 6.59. The molecule has 1 aromatic heterocycles. The SMILES string of the molecule is CCOC(=O)c1nc(CC)n(CC(C)C(C)C)c1N. The van der Waals surface area contributed by atoms with E-state index in [0.29, 0.717) is 24.3 Å². The number of aromatic nitrogens is 2. The minimum absolute atomic E-state index is 0.245. The molecule has 1 unspecified atom stereocenters. The van der Waals surface area contributed by atoms with Crippen molar-refractivity contribution in [1.29, 1.82) is 0 Å². The second-order valence-electron chi connectivity index (χ2n) is 5.17. The first-order valence-corrected chi connectivity index (χ1v) is 6.94. The highest BCUT2D eigenvalue weighted by atomic mass is 16.5. The molecule has 0 saturated heterocycles. The summed E-state index contributed by atoms with van der Waals surface area (Å²) in [5.41, 5.74) is 6.30. The summed E-state index contributed by atoms with van der Waals surface area (Å²) in [6, 6.07) is 0. The van der Waals surface area contributed by atoms with Crippen LogP contribution in [0.2, 0.25) is 0 Å². The molecule has 1 atom stereocenters. The van der Waals surface area contributed by atoms with Gasteiger partial charge >= 0.3 is 5.97 Å². The number of nitrogens with two attached hydrogens (primary N) is 1. The van der Waals surface area contributed by atoms with Crippen molar-refractivity contribution in [2.75, 3.05) is 12.3 Å². The van der Waals surface area contributed by atoms with Crippen LogP contribution in [0.5, 0.6) is 0 Å². The number of rotatable bonds is 6. The third kappa shape index (κ3) is 3.49. The first-order chi connectivity index (χ1) is 8.92. The van der Waals surface area contributed by atoms with Gasteiger partial charge in [-0.05, 0) is 18.8 Å². The van der Waals surface area contributed by atoms with Gasteiger partial charge in [-0.1, -0.05) is 27.7 Å². The number of nitrogens with zero attached hydrogens (tertiary/aromatic N) is 2. The number of nitrogen functional groups attached to an aromatic ring is 1. The number of anilines is 1. The molecule has 0 fully saturated rings. The second-order valence-corrected chi connectivity index (χ2v) is 5.17. The summed E-state index contributed by atoms with van der Waals surface area (Å²) in [4.78, 5) is 16.1. The van der Waals surface area contributed by atoms with Gasteiger partial charge in [-0.15, -0.1) is 0 Å². The predicted molar refractivity (Wildman–Crippen MR) is 76.0 cm³/mol. The quantitative estimate of drug-likeness (QED) is 0.804. The van der Waals surface area contributed by atoms with E-state index < -0.39 is 5.97 Å². The maximum absolute atomic E-state index is 11.8. The van der Waals surface area contributed by atoms with Crippen molar-refractivity contribution in [2.24, 2.45) is 11.8 Å². The Hall–Kier alpha value is -1.52. The first kappa shape index (κ1) is 15.5. The van der Waals surface area contributed by atoms with Crippen molar-refractivity contribution in [3.63, 3.8) is 0 Å². The van der Waals surface area contributed by atoms with E-state index in [2.05, 4.69) is 25.8 Å². The Labute approximate surface area is 115 Å². The van der Waals surface area contributed by atoms with Gasteiger partial charge < -0.3 is 15.0 Å². The van der Waals surface area contributed by atoms with Crippen LogP contribution < -0.4 is 5.73 Å². The lowest BCUT2D eigenvalue weighted by Gasteiger charge is -2.18. The fourth-order valence-electron chi connectivity index (χ4n) is 1.84. The molecule has 2 N–H and O–H groups in total. The van der Waals surface area contributed by atoms with Crippen LogP contribution >= 0.6 is 0 Å². The Balaban J connectivity index is 3.06. The van der Waals surface area contributed by atoms with Gasteiger partial charge in [0.1, 0.15) is 11.6 Å². The van der Waals surface area contributed by atoms with Gasteiger partial charge in [0.15, 0.2) is 5.69 Å². The molecule has 5 nitrogen and oxygen atoms in total. The van der Waals surface area contributed by atoms with Crippen molar-refractivity contribution in [1.82, 2.24) is 9.55 Å². The van der Waals surface area contributed by atoms with Gasteiger partial charge in [0.05, 0.1) is 6.61 Å². The molecule has 5 heteroatoms. The molecule has 1 heterocycles. The summed E-state index contributed by atoms with van der Waals surface area (Å²) in [6.45, 7) is 11.4. The monoisotopic (exact) mass is 267 g/mol. The number of hydrogen-bond acceptors (Lipinski definition) is 4. The van der Waals surface area contributed by atoms with E-state index in [0.717, 1.165) is 18.8 Å². The average Bonchev–Trinajstić information content (AvgIpc) is 2.67. The molecule has 1 rings (SSSR count). The number of carbonyl (C=O) groups excluding carboxylic acids is 1. The van der Waals surface area contributed by atoms with Crippen molar-refractivity contribution in [3.8, 4) is 0 Å². The minimum atomic E-state index is -0.439. The third-order valence-corrected chi connectivity index (χ3v) is 3.48. The lowest BCUT2D eigenvalue weighted by Crippen LogP contribution is -2.17. The van der Waals surface area contributed by atoms with E-state index in [4.69, 9.17) is 10.5 Å². The zero-order valence-electron chi connectivity index (χ0n) is 12.6. The lowest BCUT2D eigenvalue weighted by atomic mass is 9.98. The molecule has 0 aliphatic carbocycles. The Morgan fingerprint density at radius 3 is 2.47 bits per heavy atom. The van der Waals surface area contributed by atoms with Gasteiger partial charge in [0, 0.05) is 13.0 Å². The predicted octanol–water partition coefficient (Wildman–Crippen LogP) is 2.50. The first-order valence-electron chi connectivity index (χ1n) is 6.94. The number of hydrogen-bond donors (Lipinski definition) is 1. The Kier molecular flexibility index (Phi) is 5.39. The molecule has 0 aliphatic rings. The van der Waals surface area contributed by atoms with Crippen LogP contribution in [0, 0.1) is 11.8 Å². The summed E-state index contributed by atoms with van der Waals surface area (Å²) in [6.07, 6.45) is 0.744. The van der Waals surface area contributed by atoms with E-state index in [-0.39, 0.29) is 5.69 Å². The van der Waals surface area contributed by atoms with E-state index >= 15 is 0 Å². The van der Waals surface area contributed by atoms with Crippen LogP contribution in [0.3, 0.4) is 0 Å². The molecular formula is C14H25N3O2. The molecule has 0 radical (unpaired) electrons. The van der Waals surface area contributed by atoms with Gasteiger partial charge in [-0.25, -0.2) is 9.78 Å². The number of aryl methyl sites for hydroxylation is 1. The van der Waals surface area contributed by atoms with Crippen LogP contribution in [-0.4, -0.2) is 22.1 Å². The van der Waals surface area contributed by atoms with Crippen LogP contribution in [0.15, 0.2) is 0 Å². The van der Waals surface area contributed by atoms with E-state index in [1.165, 1.54) is 0 Å². The largest absolute Gasteiger partial charge is 0.461 e. The highest BCUT2D eigenvalue weighted by Crippen LogP contribution is 2.21. The van der Waals surface area contributed by atoms with Crippen LogP contribution in [-0.2, 0) is 17.7 Å². The van der Waals surface area contributed by atoms with Gasteiger partial charge in [0.2, 0.25) is 0 Å². The lowest BCUT2D eigenvalue weighted by molar-refractivity contribution is 0.0521. The molecule has 0 bridgehead atoms. The van der Waals surface area contributed by atoms with Crippen LogP contribution in [0.25, 0.3) is 0 Å². The topological polar surface area (TPSA) is 70.1 Å². The van der Waals surface area contributed by atoms with E-state index in [1.807, 2.05) is 11.5 Å². The summed E-state index contributed by atoms with van der Waals surface area (Å²) >= 11 is 0. The zero-order valence-corrected chi connectivity index (χ0v) is 12.6. The van der Waals surface area contributed by atoms with Crippen molar-refractivity contribution >= 4 is 11.8 Å². The third-order valence-electron chi connectivity index (χ3n) is 3.48. The molecule has 1 aromatic rings. The molecule has 108 valence electrons. The Bertz CT molecular complexity index is 438.